The van der Waals surface area contributed by atoms with Crippen LogP contribution in [-0.2, 0) is 16.1 Å². The van der Waals surface area contributed by atoms with Gasteiger partial charge in [0.05, 0.1) is 12.1 Å². The third-order valence-electron chi connectivity index (χ3n) is 4.96. The fraction of sp³-hybridized carbons (Fsp3) is 0.667. The maximum Gasteiger partial charge on any atom is 0.249 e. The minimum atomic E-state index is -0.701. The molecule has 6 heteroatoms. The van der Waals surface area contributed by atoms with Crippen molar-refractivity contribution in [1.29, 1.82) is 0 Å². The fourth-order valence-electron chi connectivity index (χ4n) is 3.43. The van der Waals surface area contributed by atoms with Crippen LogP contribution in [-0.4, -0.2) is 33.3 Å². The Kier molecular flexibility index (Phi) is 2.86. The lowest BCUT2D eigenvalue weighted by Gasteiger charge is -2.44. The number of aromatic nitrogens is 1. The molecule has 21 heavy (non-hydrogen) atoms. The zero-order valence-electron chi connectivity index (χ0n) is 12.0. The molecule has 0 bridgehead atoms. The Labute approximate surface area is 127 Å². The minimum absolute atomic E-state index is 0.0380. The number of piperazine rings is 1. The van der Waals surface area contributed by atoms with Crippen LogP contribution in [0.3, 0.4) is 0 Å². The zero-order chi connectivity index (χ0) is 14.6. The number of amides is 2. The predicted molar refractivity (Wildman–Crippen MR) is 78.4 cm³/mol. The molecule has 1 aromatic heterocycles. The number of hydrogen-bond donors (Lipinski definition) is 1. The molecule has 0 aromatic carbocycles. The topological polar surface area (TPSA) is 62.3 Å². The van der Waals surface area contributed by atoms with E-state index in [1.807, 2.05) is 11.8 Å². The van der Waals surface area contributed by atoms with Crippen molar-refractivity contribution in [3.8, 4) is 0 Å². The van der Waals surface area contributed by atoms with Gasteiger partial charge in [-0.3, -0.25) is 14.6 Å². The van der Waals surface area contributed by atoms with E-state index in [0.29, 0.717) is 18.4 Å². The van der Waals surface area contributed by atoms with Gasteiger partial charge < -0.3 is 10.2 Å². The standard InChI is InChI=1S/C15H19N3O2S/c1-15(10-4-5-10)14(20)18(7-11-6-16-8-21-11)12(9-2-3-9)13(19)17-15/h6,8-10,12H,2-5,7H2,1H3,(H,17,19). The predicted octanol–water partition coefficient (Wildman–Crippen LogP) is 1.55. The molecule has 2 aliphatic carbocycles. The molecular formula is C15H19N3O2S. The van der Waals surface area contributed by atoms with Crippen molar-refractivity contribution in [3.05, 3.63) is 16.6 Å². The molecular weight excluding hydrogens is 286 g/mol. The van der Waals surface area contributed by atoms with Gasteiger partial charge in [0, 0.05) is 11.1 Å². The Morgan fingerprint density at radius 2 is 2.14 bits per heavy atom. The van der Waals surface area contributed by atoms with Crippen LogP contribution in [0.1, 0.15) is 37.5 Å². The second-order valence-electron chi connectivity index (χ2n) is 6.65. The summed E-state index contributed by atoms with van der Waals surface area (Å²) in [5.74, 6) is 0.773. The smallest absolute Gasteiger partial charge is 0.249 e. The number of hydrogen-bond acceptors (Lipinski definition) is 4. The first-order valence-electron chi connectivity index (χ1n) is 7.60. The molecule has 1 aliphatic heterocycles. The van der Waals surface area contributed by atoms with Crippen molar-refractivity contribution in [1.82, 2.24) is 15.2 Å². The van der Waals surface area contributed by atoms with Crippen LogP contribution in [0.5, 0.6) is 0 Å². The Hall–Kier alpha value is -1.43. The normalized spacial score (nSPS) is 33.2. The van der Waals surface area contributed by atoms with E-state index >= 15 is 0 Å². The summed E-state index contributed by atoms with van der Waals surface area (Å²) in [6.07, 6.45) is 5.95. The van der Waals surface area contributed by atoms with E-state index in [2.05, 4.69) is 10.3 Å². The fourth-order valence-corrected chi connectivity index (χ4v) is 4.02. The molecule has 0 radical (unpaired) electrons. The maximum absolute atomic E-state index is 13.0. The monoisotopic (exact) mass is 305 g/mol. The number of thiazole rings is 1. The molecule has 4 rings (SSSR count). The quantitative estimate of drug-likeness (QED) is 0.918. The first-order chi connectivity index (χ1) is 10.1. The highest BCUT2D eigenvalue weighted by molar-refractivity contribution is 7.09. The molecule has 2 unspecified atom stereocenters. The third-order valence-corrected chi connectivity index (χ3v) is 5.73. The molecule has 1 N–H and O–H groups in total. The van der Waals surface area contributed by atoms with Crippen molar-refractivity contribution < 1.29 is 9.59 Å². The van der Waals surface area contributed by atoms with Gasteiger partial charge in [-0.25, -0.2) is 0 Å². The SMILES string of the molecule is CC1(C2CC2)NC(=O)C(C2CC2)N(Cc2cncs2)C1=O. The summed E-state index contributed by atoms with van der Waals surface area (Å²) < 4.78 is 0. The number of nitrogens with zero attached hydrogens (tertiary/aromatic N) is 2. The van der Waals surface area contributed by atoms with Gasteiger partial charge in [-0.05, 0) is 44.4 Å². The van der Waals surface area contributed by atoms with Crippen LogP contribution < -0.4 is 5.32 Å². The summed E-state index contributed by atoms with van der Waals surface area (Å²) in [6, 6.07) is -0.286. The van der Waals surface area contributed by atoms with Gasteiger partial charge in [0.15, 0.2) is 0 Å². The lowest BCUT2D eigenvalue weighted by molar-refractivity contribution is -0.157. The van der Waals surface area contributed by atoms with Crippen LogP contribution in [0.2, 0.25) is 0 Å². The lowest BCUT2D eigenvalue weighted by Crippen LogP contribution is -2.70. The van der Waals surface area contributed by atoms with Gasteiger partial charge in [-0.15, -0.1) is 11.3 Å². The third kappa shape index (κ3) is 2.16. The molecule has 3 aliphatic rings. The van der Waals surface area contributed by atoms with Gasteiger partial charge >= 0.3 is 0 Å². The molecule has 5 nitrogen and oxygen atoms in total. The Balaban J connectivity index is 1.66. The first-order valence-corrected chi connectivity index (χ1v) is 8.48. The molecule has 2 heterocycles. The lowest BCUT2D eigenvalue weighted by atomic mass is 9.88. The molecule has 0 spiro atoms. The zero-order valence-corrected chi connectivity index (χ0v) is 12.9. The van der Waals surface area contributed by atoms with Crippen molar-refractivity contribution in [2.45, 2.75) is 50.7 Å². The van der Waals surface area contributed by atoms with E-state index in [1.54, 1.807) is 23.0 Å². The van der Waals surface area contributed by atoms with Crippen molar-refractivity contribution >= 4 is 23.2 Å². The van der Waals surface area contributed by atoms with Crippen LogP contribution in [0.4, 0.5) is 0 Å². The molecule has 1 aromatic rings. The van der Waals surface area contributed by atoms with E-state index in [1.165, 1.54) is 0 Å². The summed E-state index contributed by atoms with van der Waals surface area (Å²) in [4.78, 5) is 32.6. The largest absolute Gasteiger partial charge is 0.340 e. The Morgan fingerprint density at radius 1 is 1.38 bits per heavy atom. The number of nitrogens with one attached hydrogen (secondary N) is 1. The van der Waals surface area contributed by atoms with Gasteiger partial charge in [0.2, 0.25) is 11.8 Å². The Bertz CT molecular complexity index is 580. The summed E-state index contributed by atoms with van der Waals surface area (Å²) in [6.45, 7) is 2.41. The van der Waals surface area contributed by atoms with Gasteiger partial charge in [-0.1, -0.05) is 0 Å². The maximum atomic E-state index is 13.0. The highest BCUT2D eigenvalue weighted by Crippen LogP contribution is 2.45. The molecule has 2 atom stereocenters. The average molecular weight is 305 g/mol. The summed E-state index contributed by atoms with van der Waals surface area (Å²) in [5.41, 5.74) is 1.07. The highest BCUT2D eigenvalue weighted by atomic mass is 32.1. The van der Waals surface area contributed by atoms with Gasteiger partial charge in [-0.2, -0.15) is 0 Å². The van der Waals surface area contributed by atoms with E-state index in [4.69, 9.17) is 0 Å². The first kappa shape index (κ1) is 13.2. The van der Waals surface area contributed by atoms with Gasteiger partial charge in [0.1, 0.15) is 11.6 Å². The highest BCUT2D eigenvalue weighted by Gasteiger charge is 2.57. The van der Waals surface area contributed by atoms with Crippen molar-refractivity contribution in [2.24, 2.45) is 11.8 Å². The summed E-state index contributed by atoms with van der Waals surface area (Å²) in [5, 5.41) is 3.04. The minimum Gasteiger partial charge on any atom is -0.340 e. The van der Waals surface area contributed by atoms with Gasteiger partial charge in [0.25, 0.3) is 0 Å². The van der Waals surface area contributed by atoms with Crippen LogP contribution in [0.25, 0.3) is 0 Å². The van der Waals surface area contributed by atoms with E-state index in [9.17, 15) is 9.59 Å². The number of carbonyl (C=O) groups excluding carboxylic acids is 2. The Morgan fingerprint density at radius 3 is 2.71 bits per heavy atom. The van der Waals surface area contributed by atoms with E-state index < -0.39 is 5.54 Å². The van der Waals surface area contributed by atoms with Crippen molar-refractivity contribution in [3.63, 3.8) is 0 Å². The molecule has 3 fully saturated rings. The van der Waals surface area contributed by atoms with E-state index in [-0.39, 0.29) is 17.9 Å². The van der Waals surface area contributed by atoms with Crippen LogP contribution in [0, 0.1) is 11.8 Å². The molecule has 1 saturated heterocycles. The second kappa shape index (κ2) is 4.53. The number of rotatable bonds is 4. The molecule has 2 amide bonds. The summed E-state index contributed by atoms with van der Waals surface area (Å²) in [7, 11) is 0. The average Bonchev–Trinajstić information content (AvgIpc) is 3.35. The van der Waals surface area contributed by atoms with E-state index in [0.717, 1.165) is 30.6 Å². The second-order valence-corrected chi connectivity index (χ2v) is 7.62. The molecule has 112 valence electrons. The van der Waals surface area contributed by atoms with Crippen LogP contribution >= 0.6 is 11.3 Å². The number of carbonyl (C=O) groups is 2. The van der Waals surface area contributed by atoms with Crippen molar-refractivity contribution in [2.75, 3.05) is 0 Å². The van der Waals surface area contributed by atoms with Crippen LogP contribution in [0.15, 0.2) is 11.7 Å². The molecule has 2 saturated carbocycles. The summed E-state index contributed by atoms with van der Waals surface area (Å²) >= 11 is 1.54.